The van der Waals surface area contributed by atoms with Crippen molar-refractivity contribution in [2.24, 2.45) is 0 Å². The van der Waals surface area contributed by atoms with Gasteiger partial charge < -0.3 is 15.4 Å². The maximum Gasteiger partial charge on any atom is 0.319 e. The molecule has 0 bridgehead atoms. The first kappa shape index (κ1) is 18.8. The van der Waals surface area contributed by atoms with Crippen LogP contribution < -0.4 is 10.6 Å². The van der Waals surface area contributed by atoms with Crippen LogP contribution in [-0.2, 0) is 17.8 Å². The van der Waals surface area contributed by atoms with Crippen LogP contribution in [0.25, 0.3) is 0 Å². The fourth-order valence-electron chi connectivity index (χ4n) is 2.94. The molecule has 0 atom stereocenters. The van der Waals surface area contributed by atoms with Gasteiger partial charge in [0.25, 0.3) is 0 Å². The zero-order chi connectivity index (χ0) is 19.1. The Bertz CT molecular complexity index is 844. The lowest BCUT2D eigenvalue weighted by Crippen LogP contribution is -2.36. The summed E-state index contributed by atoms with van der Waals surface area (Å²) in [6.07, 6.45) is 0. The molecule has 7 heteroatoms. The number of hydrogen-bond acceptors (Lipinski definition) is 4. The molecule has 2 N–H and O–H groups in total. The molecule has 1 fully saturated rings. The second-order valence-corrected chi connectivity index (χ2v) is 6.27. The summed E-state index contributed by atoms with van der Waals surface area (Å²) in [6.45, 7) is 4.42. The summed E-state index contributed by atoms with van der Waals surface area (Å²) in [5.41, 5.74) is 2.54. The Morgan fingerprint density at radius 3 is 2.67 bits per heavy atom. The Balaban J connectivity index is 1.60. The molecule has 0 saturated carbocycles. The summed E-state index contributed by atoms with van der Waals surface area (Å²) in [7, 11) is 0. The van der Waals surface area contributed by atoms with Gasteiger partial charge >= 0.3 is 6.03 Å². The normalized spacial score (nSPS) is 14.4. The summed E-state index contributed by atoms with van der Waals surface area (Å²) in [5.74, 6) is -0.519. The maximum absolute atomic E-state index is 13.2. The highest BCUT2D eigenvalue weighted by molar-refractivity contribution is 5.90. The fourth-order valence-corrected chi connectivity index (χ4v) is 2.94. The van der Waals surface area contributed by atoms with Crippen molar-refractivity contribution in [3.8, 4) is 6.07 Å². The second-order valence-electron chi connectivity index (χ2n) is 6.27. The molecule has 0 aromatic heterocycles. The molecular formula is C20H21FN4O2. The maximum atomic E-state index is 13.2. The predicted octanol–water partition coefficient (Wildman–Crippen LogP) is 2.85. The molecule has 2 amide bonds. The van der Waals surface area contributed by atoms with Gasteiger partial charge in [-0.15, -0.1) is 0 Å². The molecule has 0 unspecified atom stereocenters. The standard InChI is InChI=1S/C20H21FN4O2/c21-18-5-6-19(17(11-18)12-22)24-20(26)23-13-15-3-1-2-4-16(15)14-25-7-9-27-10-8-25/h1-6,11H,7-10,13-14H2,(H2,23,24,26). The Hall–Kier alpha value is -2.95. The Morgan fingerprint density at radius 2 is 1.93 bits per heavy atom. The number of rotatable bonds is 5. The third-order valence-corrected chi connectivity index (χ3v) is 4.41. The van der Waals surface area contributed by atoms with Crippen LogP contribution in [0.15, 0.2) is 42.5 Å². The molecule has 0 aliphatic carbocycles. The van der Waals surface area contributed by atoms with Crippen LogP contribution in [-0.4, -0.2) is 37.2 Å². The van der Waals surface area contributed by atoms with Gasteiger partial charge in [-0.25, -0.2) is 9.18 Å². The zero-order valence-electron chi connectivity index (χ0n) is 14.9. The first-order valence-electron chi connectivity index (χ1n) is 8.77. The van der Waals surface area contributed by atoms with E-state index in [1.807, 2.05) is 24.3 Å². The SMILES string of the molecule is N#Cc1cc(F)ccc1NC(=O)NCc1ccccc1CN1CCOCC1. The van der Waals surface area contributed by atoms with Crippen molar-refractivity contribution in [3.63, 3.8) is 0 Å². The van der Waals surface area contributed by atoms with Crippen LogP contribution in [0.4, 0.5) is 14.9 Å². The second kappa shape index (κ2) is 9.12. The van der Waals surface area contributed by atoms with Gasteiger partial charge in [-0.3, -0.25) is 4.90 Å². The van der Waals surface area contributed by atoms with Gasteiger partial charge in [-0.1, -0.05) is 24.3 Å². The fraction of sp³-hybridized carbons (Fsp3) is 0.300. The van der Waals surface area contributed by atoms with Crippen LogP contribution in [0, 0.1) is 17.1 Å². The molecule has 27 heavy (non-hydrogen) atoms. The van der Waals surface area contributed by atoms with E-state index in [-0.39, 0.29) is 11.3 Å². The number of carbonyl (C=O) groups excluding carboxylic acids is 1. The minimum Gasteiger partial charge on any atom is -0.379 e. The third kappa shape index (κ3) is 5.26. The van der Waals surface area contributed by atoms with E-state index in [9.17, 15) is 9.18 Å². The van der Waals surface area contributed by atoms with E-state index in [4.69, 9.17) is 10.00 Å². The molecule has 3 rings (SSSR count). The Labute approximate surface area is 157 Å². The summed E-state index contributed by atoms with van der Waals surface area (Å²) >= 11 is 0. The molecule has 1 saturated heterocycles. The number of morpholine rings is 1. The van der Waals surface area contributed by atoms with Crippen LogP contribution in [0.5, 0.6) is 0 Å². The number of benzene rings is 2. The molecule has 0 spiro atoms. The summed E-state index contributed by atoms with van der Waals surface area (Å²) in [6, 6.07) is 13.0. The molecule has 1 heterocycles. The van der Waals surface area contributed by atoms with Gasteiger partial charge in [0, 0.05) is 26.2 Å². The van der Waals surface area contributed by atoms with Gasteiger partial charge in [0.05, 0.1) is 24.5 Å². The summed E-state index contributed by atoms with van der Waals surface area (Å²) in [5, 5.41) is 14.4. The topological polar surface area (TPSA) is 77.4 Å². The number of ether oxygens (including phenoxy) is 1. The predicted molar refractivity (Wildman–Crippen MR) is 99.5 cm³/mol. The molecule has 1 aliphatic rings. The molecule has 6 nitrogen and oxygen atoms in total. The van der Waals surface area contributed by atoms with Gasteiger partial charge in [0.15, 0.2) is 0 Å². The van der Waals surface area contributed by atoms with E-state index in [1.54, 1.807) is 0 Å². The number of carbonyl (C=O) groups is 1. The summed E-state index contributed by atoms with van der Waals surface area (Å²) in [4.78, 5) is 14.5. The molecular weight excluding hydrogens is 347 g/mol. The average Bonchev–Trinajstić information content (AvgIpc) is 2.69. The van der Waals surface area contributed by atoms with Gasteiger partial charge in [-0.05, 0) is 29.3 Å². The monoisotopic (exact) mass is 368 g/mol. The van der Waals surface area contributed by atoms with E-state index in [0.717, 1.165) is 50.0 Å². The quantitative estimate of drug-likeness (QED) is 0.851. The van der Waals surface area contributed by atoms with Crippen molar-refractivity contribution in [3.05, 3.63) is 65.0 Å². The van der Waals surface area contributed by atoms with E-state index in [1.165, 1.54) is 12.1 Å². The number of nitrogens with zero attached hydrogens (tertiary/aromatic N) is 2. The summed E-state index contributed by atoms with van der Waals surface area (Å²) < 4.78 is 18.6. The van der Waals surface area contributed by atoms with Crippen molar-refractivity contribution in [1.29, 1.82) is 5.26 Å². The van der Waals surface area contributed by atoms with E-state index >= 15 is 0 Å². The van der Waals surface area contributed by atoms with Crippen molar-refractivity contribution < 1.29 is 13.9 Å². The molecule has 2 aromatic carbocycles. The smallest absolute Gasteiger partial charge is 0.319 e. The zero-order valence-corrected chi connectivity index (χ0v) is 14.9. The number of nitriles is 1. The van der Waals surface area contributed by atoms with Crippen LogP contribution in [0.3, 0.4) is 0 Å². The van der Waals surface area contributed by atoms with Gasteiger partial charge in [-0.2, -0.15) is 5.26 Å². The Morgan fingerprint density at radius 1 is 1.19 bits per heavy atom. The first-order chi connectivity index (χ1) is 13.2. The highest BCUT2D eigenvalue weighted by atomic mass is 19.1. The van der Waals surface area contributed by atoms with Crippen molar-refractivity contribution >= 4 is 11.7 Å². The number of amides is 2. The minimum atomic E-state index is -0.519. The van der Waals surface area contributed by atoms with Gasteiger partial charge in [0.2, 0.25) is 0 Å². The number of nitrogens with one attached hydrogen (secondary N) is 2. The number of anilines is 1. The highest BCUT2D eigenvalue weighted by Gasteiger charge is 2.13. The highest BCUT2D eigenvalue weighted by Crippen LogP contribution is 2.16. The van der Waals surface area contributed by atoms with Gasteiger partial charge in [0.1, 0.15) is 11.9 Å². The van der Waals surface area contributed by atoms with E-state index in [2.05, 4.69) is 21.6 Å². The lowest BCUT2D eigenvalue weighted by Gasteiger charge is -2.27. The van der Waals surface area contributed by atoms with Crippen molar-refractivity contribution in [2.75, 3.05) is 31.6 Å². The minimum absolute atomic E-state index is 0.0814. The van der Waals surface area contributed by atoms with Crippen LogP contribution in [0.2, 0.25) is 0 Å². The lowest BCUT2D eigenvalue weighted by molar-refractivity contribution is 0.0341. The Kier molecular flexibility index (Phi) is 6.36. The first-order valence-corrected chi connectivity index (χ1v) is 8.77. The largest absolute Gasteiger partial charge is 0.379 e. The number of hydrogen-bond donors (Lipinski definition) is 2. The van der Waals surface area contributed by atoms with E-state index < -0.39 is 11.8 Å². The molecule has 2 aromatic rings. The molecule has 0 radical (unpaired) electrons. The third-order valence-electron chi connectivity index (χ3n) is 4.41. The average molecular weight is 368 g/mol. The molecule has 1 aliphatic heterocycles. The van der Waals surface area contributed by atoms with E-state index in [0.29, 0.717) is 6.54 Å². The van der Waals surface area contributed by atoms with Crippen molar-refractivity contribution in [1.82, 2.24) is 10.2 Å². The van der Waals surface area contributed by atoms with Crippen LogP contribution in [0.1, 0.15) is 16.7 Å². The van der Waals surface area contributed by atoms with Crippen LogP contribution >= 0.6 is 0 Å². The number of halogens is 1. The molecule has 140 valence electrons. The lowest BCUT2D eigenvalue weighted by atomic mass is 10.1. The van der Waals surface area contributed by atoms with Crippen molar-refractivity contribution in [2.45, 2.75) is 13.1 Å². The number of urea groups is 1.